The number of hydrogen-bond donors (Lipinski definition) is 2. The number of carbonyl (C=O) groups is 1. The highest BCUT2D eigenvalue weighted by Crippen LogP contribution is 2.19. The Labute approximate surface area is 168 Å². The van der Waals surface area contributed by atoms with Crippen LogP contribution < -0.4 is 15.6 Å². The summed E-state index contributed by atoms with van der Waals surface area (Å²) in [6.07, 6.45) is 0.843. The van der Waals surface area contributed by atoms with Gasteiger partial charge in [0.05, 0.1) is 24.6 Å². The summed E-state index contributed by atoms with van der Waals surface area (Å²) >= 11 is 5.41. The first-order valence-electron chi connectivity index (χ1n) is 9.14. The molecule has 0 radical (unpaired) electrons. The molecule has 0 saturated carbocycles. The minimum atomic E-state index is -0.210. The van der Waals surface area contributed by atoms with Crippen molar-refractivity contribution in [3.8, 4) is 5.75 Å². The predicted molar refractivity (Wildman–Crippen MR) is 113 cm³/mol. The molecule has 28 heavy (non-hydrogen) atoms. The van der Waals surface area contributed by atoms with Crippen LogP contribution in [0.25, 0.3) is 10.9 Å². The quantitative estimate of drug-likeness (QED) is 0.623. The molecule has 3 rings (SSSR count). The molecule has 7 heteroatoms. The molecule has 0 bridgehead atoms. The summed E-state index contributed by atoms with van der Waals surface area (Å²) in [5.41, 5.74) is 1.68. The van der Waals surface area contributed by atoms with E-state index in [0.29, 0.717) is 33.5 Å². The zero-order valence-electron chi connectivity index (χ0n) is 16.1. The number of aromatic amines is 1. The van der Waals surface area contributed by atoms with E-state index in [4.69, 9.17) is 17.0 Å². The molecule has 0 aliphatic rings. The van der Waals surface area contributed by atoms with Crippen LogP contribution in [0, 0.1) is 4.77 Å². The number of carbonyl (C=O) groups excluding carboxylic acids is 1. The second-order valence-electron chi connectivity index (χ2n) is 6.68. The monoisotopic (exact) mass is 397 g/mol. The van der Waals surface area contributed by atoms with Crippen molar-refractivity contribution in [3.63, 3.8) is 0 Å². The third-order valence-corrected chi connectivity index (χ3v) is 5.08. The van der Waals surface area contributed by atoms with Gasteiger partial charge in [-0.05, 0) is 49.8 Å². The number of ether oxygens (including phenoxy) is 1. The molecule has 146 valence electrons. The lowest BCUT2D eigenvalue weighted by molar-refractivity contribution is 0.0939. The van der Waals surface area contributed by atoms with Gasteiger partial charge in [-0.1, -0.05) is 25.1 Å². The van der Waals surface area contributed by atoms with E-state index in [9.17, 15) is 9.59 Å². The summed E-state index contributed by atoms with van der Waals surface area (Å²) in [5, 5.41) is 3.40. The molecule has 1 heterocycles. The number of fused-ring (bicyclic) bond motifs is 1. The van der Waals surface area contributed by atoms with Gasteiger partial charge >= 0.3 is 0 Å². The first kappa shape index (κ1) is 19.8. The van der Waals surface area contributed by atoms with Gasteiger partial charge in [0.15, 0.2) is 4.77 Å². The Morgan fingerprint density at radius 2 is 2.04 bits per heavy atom. The van der Waals surface area contributed by atoms with Crippen LogP contribution in [0.15, 0.2) is 47.3 Å². The zero-order valence-corrected chi connectivity index (χ0v) is 16.9. The van der Waals surface area contributed by atoms with E-state index in [1.165, 1.54) is 4.57 Å². The molecule has 0 aliphatic heterocycles. The molecule has 2 N–H and O–H groups in total. The van der Waals surface area contributed by atoms with Crippen LogP contribution in [-0.2, 0) is 6.54 Å². The van der Waals surface area contributed by atoms with Crippen LogP contribution in [0.3, 0.4) is 0 Å². The molecule has 2 aromatic carbocycles. The van der Waals surface area contributed by atoms with Gasteiger partial charge in [0.1, 0.15) is 5.75 Å². The Morgan fingerprint density at radius 3 is 2.75 bits per heavy atom. The van der Waals surface area contributed by atoms with Crippen LogP contribution in [0.5, 0.6) is 5.75 Å². The normalized spacial score (nSPS) is 12.0. The molecule has 1 unspecified atom stereocenters. The molecular weight excluding hydrogens is 374 g/mol. The first-order chi connectivity index (χ1) is 13.4. The second-order valence-corrected chi connectivity index (χ2v) is 7.06. The van der Waals surface area contributed by atoms with Gasteiger partial charge in [-0.2, -0.15) is 0 Å². The van der Waals surface area contributed by atoms with Crippen LogP contribution in [0.1, 0.15) is 36.2 Å². The van der Waals surface area contributed by atoms with Gasteiger partial charge in [0.25, 0.3) is 11.5 Å². The molecule has 0 spiro atoms. The number of benzene rings is 2. The Morgan fingerprint density at radius 1 is 1.29 bits per heavy atom. The summed E-state index contributed by atoms with van der Waals surface area (Å²) in [6, 6.07) is 12.6. The number of amides is 1. The number of methoxy groups -OCH3 is 1. The highest BCUT2D eigenvalue weighted by molar-refractivity contribution is 7.71. The number of H-pyrrole nitrogens is 1. The number of nitrogens with one attached hydrogen (secondary N) is 2. The highest BCUT2D eigenvalue weighted by atomic mass is 32.1. The van der Waals surface area contributed by atoms with Crippen LogP contribution >= 0.6 is 12.2 Å². The van der Waals surface area contributed by atoms with E-state index in [2.05, 4.69) is 10.3 Å². The Balaban J connectivity index is 2.02. The van der Waals surface area contributed by atoms with E-state index in [1.807, 2.05) is 38.1 Å². The van der Waals surface area contributed by atoms with Gasteiger partial charge in [0, 0.05) is 17.2 Å². The van der Waals surface area contributed by atoms with Crippen molar-refractivity contribution in [2.45, 2.75) is 32.9 Å². The van der Waals surface area contributed by atoms with Crippen molar-refractivity contribution in [1.82, 2.24) is 14.9 Å². The number of hydrogen-bond acceptors (Lipinski definition) is 4. The van der Waals surface area contributed by atoms with Crippen molar-refractivity contribution < 1.29 is 9.53 Å². The summed E-state index contributed by atoms with van der Waals surface area (Å²) in [4.78, 5) is 28.4. The van der Waals surface area contributed by atoms with Gasteiger partial charge in [0.2, 0.25) is 0 Å². The van der Waals surface area contributed by atoms with Crippen LogP contribution in [0.4, 0.5) is 0 Å². The molecule has 1 aromatic heterocycles. The summed E-state index contributed by atoms with van der Waals surface area (Å²) in [7, 11) is 1.59. The fourth-order valence-electron chi connectivity index (χ4n) is 2.95. The lowest BCUT2D eigenvalue weighted by Crippen LogP contribution is -2.32. The number of aromatic nitrogens is 2. The molecule has 0 saturated heterocycles. The van der Waals surface area contributed by atoms with Crippen LogP contribution in [-0.4, -0.2) is 28.6 Å². The molecule has 3 aromatic rings. The third-order valence-electron chi connectivity index (χ3n) is 4.75. The molecule has 6 nitrogen and oxygen atoms in total. The van der Waals surface area contributed by atoms with Crippen molar-refractivity contribution in [1.29, 1.82) is 0 Å². The van der Waals surface area contributed by atoms with E-state index in [-0.39, 0.29) is 17.5 Å². The maximum atomic E-state index is 13.0. The lowest BCUT2D eigenvalue weighted by Gasteiger charge is -2.13. The maximum Gasteiger partial charge on any atom is 0.262 e. The van der Waals surface area contributed by atoms with Crippen molar-refractivity contribution in [3.05, 3.63) is 68.7 Å². The number of para-hydroxylation sites is 1. The average molecular weight is 398 g/mol. The van der Waals surface area contributed by atoms with Gasteiger partial charge in [-0.3, -0.25) is 14.2 Å². The third kappa shape index (κ3) is 3.99. The highest BCUT2D eigenvalue weighted by Gasteiger charge is 2.13. The average Bonchev–Trinajstić information content (AvgIpc) is 2.70. The zero-order chi connectivity index (χ0) is 20.3. The standard InChI is InChI=1S/C21H23N3O3S/c1-4-13(2)22-19(25)14-9-10-16-17(11-14)23-21(28)24(20(16)26)12-15-7-5-6-8-18(15)27-3/h5-11,13H,4,12H2,1-3H3,(H,22,25)(H,23,28). The Kier molecular flexibility index (Phi) is 5.94. The van der Waals surface area contributed by atoms with Crippen molar-refractivity contribution >= 4 is 29.0 Å². The topological polar surface area (TPSA) is 76.1 Å². The fourth-order valence-corrected chi connectivity index (χ4v) is 3.21. The predicted octanol–water partition coefficient (Wildman–Crippen LogP) is 3.64. The molecule has 1 amide bonds. The lowest BCUT2D eigenvalue weighted by atomic mass is 10.1. The Hall–Kier alpha value is -2.93. The molecular formula is C21H23N3O3S. The van der Waals surface area contributed by atoms with E-state index < -0.39 is 0 Å². The Bertz CT molecular complexity index is 1130. The smallest absolute Gasteiger partial charge is 0.262 e. The van der Waals surface area contributed by atoms with E-state index in [0.717, 1.165) is 12.0 Å². The second kappa shape index (κ2) is 8.39. The maximum absolute atomic E-state index is 13.0. The van der Waals surface area contributed by atoms with Crippen molar-refractivity contribution in [2.75, 3.05) is 7.11 Å². The van der Waals surface area contributed by atoms with Crippen LogP contribution in [0.2, 0.25) is 0 Å². The summed E-state index contributed by atoms with van der Waals surface area (Å²) < 4.78 is 7.15. The van der Waals surface area contributed by atoms with Gasteiger partial charge in [-0.25, -0.2) is 0 Å². The van der Waals surface area contributed by atoms with Gasteiger partial charge in [-0.15, -0.1) is 0 Å². The van der Waals surface area contributed by atoms with E-state index >= 15 is 0 Å². The molecule has 0 fully saturated rings. The number of rotatable bonds is 6. The van der Waals surface area contributed by atoms with Crippen molar-refractivity contribution in [2.24, 2.45) is 0 Å². The molecule has 0 aliphatic carbocycles. The summed E-state index contributed by atoms with van der Waals surface area (Å²) in [5.74, 6) is 0.523. The first-order valence-corrected chi connectivity index (χ1v) is 9.55. The summed E-state index contributed by atoms with van der Waals surface area (Å²) in [6.45, 7) is 4.25. The molecule has 1 atom stereocenters. The van der Waals surface area contributed by atoms with E-state index in [1.54, 1.807) is 25.3 Å². The van der Waals surface area contributed by atoms with Gasteiger partial charge < -0.3 is 15.0 Å². The largest absolute Gasteiger partial charge is 0.496 e. The SMILES string of the molecule is CCC(C)NC(=O)c1ccc2c(=O)n(Cc3ccccc3OC)c(=S)[nH]c2c1. The minimum absolute atomic E-state index is 0.0792. The number of nitrogens with zero attached hydrogens (tertiary/aromatic N) is 1. The minimum Gasteiger partial charge on any atom is -0.496 e. The fraction of sp³-hybridized carbons (Fsp3) is 0.286.